The lowest BCUT2D eigenvalue weighted by Crippen LogP contribution is -2.46. The van der Waals surface area contributed by atoms with Crippen molar-refractivity contribution in [1.82, 2.24) is 13.6 Å². The van der Waals surface area contributed by atoms with Gasteiger partial charge in [-0.05, 0) is 25.1 Å². The molecule has 2 aromatic carbocycles. The van der Waals surface area contributed by atoms with E-state index in [4.69, 9.17) is 27.9 Å². The van der Waals surface area contributed by atoms with Crippen molar-refractivity contribution in [3.63, 3.8) is 0 Å². The van der Waals surface area contributed by atoms with Gasteiger partial charge in [-0.2, -0.15) is 4.31 Å². The van der Waals surface area contributed by atoms with Gasteiger partial charge in [-0.1, -0.05) is 50.2 Å². The molecular weight excluding hydrogens is 561 g/mol. The number of ether oxygens (including phenoxy) is 1. The first-order valence-electron chi connectivity index (χ1n) is 11.7. The number of esters is 1. The second kappa shape index (κ2) is 14.1. The lowest BCUT2D eigenvalue weighted by Gasteiger charge is -2.26. The van der Waals surface area contributed by atoms with Crippen molar-refractivity contribution in [1.29, 1.82) is 0 Å². The largest absolute Gasteiger partial charge is 0.461 e. The number of halogens is 2. The number of para-hydroxylation sites is 1. The molecule has 1 aliphatic rings. The molecule has 1 N–H and O–H groups in total. The van der Waals surface area contributed by atoms with Crippen molar-refractivity contribution in [2.75, 3.05) is 38.1 Å². The highest BCUT2D eigenvalue weighted by molar-refractivity contribution is 7.91. The zero-order valence-electron chi connectivity index (χ0n) is 20.9. The van der Waals surface area contributed by atoms with Gasteiger partial charge in [0, 0.05) is 31.6 Å². The van der Waals surface area contributed by atoms with Crippen LogP contribution in [0, 0.1) is 0 Å². The summed E-state index contributed by atoms with van der Waals surface area (Å²) in [5.41, 5.74) is -0.427. The lowest BCUT2D eigenvalue weighted by molar-refractivity contribution is 0.0513. The molecule has 0 unspecified atom stereocenters. The topological polar surface area (TPSA) is 115 Å². The number of hydrogen-bond donors (Lipinski definition) is 1. The van der Waals surface area contributed by atoms with E-state index in [1.54, 1.807) is 37.3 Å². The van der Waals surface area contributed by atoms with Gasteiger partial charge in [-0.15, -0.1) is 23.2 Å². The van der Waals surface area contributed by atoms with Gasteiger partial charge in [0.25, 0.3) is 10.0 Å². The van der Waals surface area contributed by atoms with Gasteiger partial charge >= 0.3 is 5.97 Å². The van der Waals surface area contributed by atoms with E-state index in [1.165, 1.54) is 28.6 Å². The third kappa shape index (κ3) is 6.65. The SMILES string of the molecule is CC.CCOC(=O)c1c(S(=O)(=O)N2CCNCC2)c2ccccc2n1S(=O)(=O)c1ccccc1.ClCCl. The second-order valence-electron chi connectivity index (χ2n) is 7.25. The number of aromatic nitrogens is 1. The molecule has 204 valence electrons. The van der Waals surface area contributed by atoms with Crippen molar-refractivity contribution in [3.05, 3.63) is 60.3 Å². The first-order valence-corrected chi connectivity index (χ1v) is 15.6. The van der Waals surface area contributed by atoms with Gasteiger partial charge in [0.15, 0.2) is 5.69 Å². The molecule has 1 saturated heterocycles. The fourth-order valence-corrected chi connectivity index (χ4v) is 7.17. The molecule has 9 nitrogen and oxygen atoms in total. The minimum Gasteiger partial charge on any atom is -0.461 e. The first kappa shape index (κ1) is 31.1. The van der Waals surface area contributed by atoms with Crippen LogP contribution in [0.3, 0.4) is 0 Å². The van der Waals surface area contributed by atoms with Crippen molar-refractivity contribution in [3.8, 4) is 0 Å². The van der Waals surface area contributed by atoms with E-state index in [1.807, 2.05) is 13.8 Å². The predicted molar refractivity (Wildman–Crippen MR) is 146 cm³/mol. The number of nitrogens with one attached hydrogen (secondary N) is 1. The average molecular weight is 593 g/mol. The van der Waals surface area contributed by atoms with Crippen LogP contribution in [0.15, 0.2) is 64.4 Å². The van der Waals surface area contributed by atoms with E-state index < -0.39 is 31.7 Å². The Morgan fingerprint density at radius 3 is 2.03 bits per heavy atom. The summed E-state index contributed by atoms with van der Waals surface area (Å²) in [6.45, 7) is 6.84. The van der Waals surface area contributed by atoms with Crippen LogP contribution in [-0.4, -0.2) is 69.2 Å². The molecule has 3 aromatic rings. The Morgan fingerprint density at radius 1 is 0.919 bits per heavy atom. The van der Waals surface area contributed by atoms with Crippen LogP contribution in [0.4, 0.5) is 0 Å². The van der Waals surface area contributed by atoms with Crippen LogP contribution in [0.25, 0.3) is 10.9 Å². The van der Waals surface area contributed by atoms with Crippen molar-refractivity contribution in [2.24, 2.45) is 0 Å². The fraction of sp³-hybridized carbons (Fsp3) is 0.375. The number of alkyl halides is 2. The fourth-order valence-electron chi connectivity index (χ4n) is 3.78. The molecule has 0 radical (unpaired) electrons. The third-order valence-corrected chi connectivity index (χ3v) is 8.91. The summed E-state index contributed by atoms with van der Waals surface area (Å²) in [4.78, 5) is 12.6. The Balaban J connectivity index is 0.000000898. The van der Waals surface area contributed by atoms with Gasteiger partial charge < -0.3 is 10.1 Å². The van der Waals surface area contributed by atoms with Gasteiger partial charge in [0.1, 0.15) is 4.90 Å². The smallest absolute Gasteiger partial charge is 0.357 e. The minimum absolute atomic E-state index is 0.0428. The number of carbonyl (C=O) groups is 1. The van der Waals surface area contributed by atoms with Crippen LogP contribution in [0.2, 0.25) is 0 Å². The maximum atomic E-state index is 13.7. The normalized spacial score (nSPS) is 14.2. The van der Waals surface area contributed by atoms with E-state index in [2.05, 4.69) is 5.32 Å². The molecule has 0 bridgehead atoms. The Bertz CT molecular complexity index is 1390. The summed E-state index contributed by atoms with van der Waals surface area (Å²) >= 11 is 9.53. The Kier molecular flexibility index (Phi) is 11.9. The van der Waals surface area contributed by atoms with Crippen LogP contribution in [0.5, 0.6) is 0 Å². The predicted octanol–water partition coefficient (Wildman–Crippen LogP) is 4.10. The summed E-state index contributed by atoms with van der Waals surface area (Å²) in [5.74, 6) is -1.02. The molecule has 37 heavy (non-hydrogen) atoms. The number of hydrogen-bond acceptors (Lipinski definition) is 7. The average Bonchev–Trinajstić information content (AvgIpc) is 3.29. The first-order chi connectivity index (χ1) is 17.7. The van der Waals surface area contributed by atoms with Crippen LogP contribution in [-0.2, 0) is 24.8 Å². The van der Waals surface area contributed by atoms with E-state index in [-0.39, 0.29) is 45.7 Å². The summed E-state index contributed by atoms with van der Waals surface area (Å²) in [6.07, 6.45) is 0. The van der Waals surface area contributed by atoms with Crippen LogP contribution in [0.1, 0.15) is 31.3 Å². The molecule has 0 atom stereocenters. The molecule has 0 amide bonds. The van der Waals surface area contributed by atoms with Crippen molar-refractivity contribution >= 4 is 60.1 Å². The lowest BCUT2D eigenvalue weighted by atomic mass is 10.2. The molecule has 0 spiro atoms. The number of nitrogens with zero attached hydrogens (tertiary/aromatic N) is 2. The number of benzene rings is 2. The number of carbonyl (C=O) groups excluding carboxylic acids is 1. The molecular formula is C24H31Cl2N3O6S2. The van der Waals surface area contributed by atoms with E-state index in [0.29, 0.717) is 13.1 Å². The third-order valence-electron chi connectivity index (χ3n) is 5.21. The zero-order chi connectivity index (χ0) is 27.6. The highest BCUT2D eigenvalue weighted by Crippen LogP contribution is 2.35. The van der Waals surface area contributed by atoms with Crippen LogP contribution < -0.4 is 5.32 Å². The Labute approximate surface area is 228 Å². The van der Waals surface area contributed by atoms with E-state index in [9.17, 15) is 21.6 Å². The van der Waals surface area contributed by atoms with E-state index in [0.717, 1.165) is 3.97 Å². The molecule has 1 aromatic heterocycles. The van der Waals surface area contributed by atoms with E-state index >= 15 is 0 Å². The van der Waals surface area contributed by atoms with Gasteiger partial charge in [0.05, 0.1) is 22.4 Å². The summed E-state index contributed by atoms with van der Waals surface area (Å²) in [6, 6.07) is 13.7. The van der Waals surface area contributed by atoms with Crippen molar-refractivity contribution in [2.45, 2.75) is 30.6 Å². The summed E-state index contributed by atoms with van der Waals surface area (Å²) in [7, 11) is -8.51. The number of piperazine rings is 1. The number of rotatable bonds is 6. The molecule has 0 aliphatic carbocycles. The molecule has 4 rings (SSSR count). The highest BCUT2D eigenvalue weighted by atomic mass is 35.5. The molecule has 2 heterocycles. The summed E-state index contributed by atoms with van der Waals surface area (Å²) < 4.78 is 61.8. The van der Waals surface area contributed by atoms with Gasteiger partial charge in [-0.3, -0.25) is 0 Å². The monoisotopic (exact) mass is 591 g/mol. The second-order valence-corrected chi connectivity index (χ2v) is 11.7. The zero-order valence-corrected chi connectivity index (χ0v) is 24.0. The molecule has 1 fully saturated rings. The Hall–Kier alpha value is -2.15. The molecule has 13 heteroatoms. The van der Waals surface area contributed by atoms with Gasteiger partial charge in [0.2, 0.25) is 10.0 Å². The maximum absolute atomic E-state index is 13.7. The highest BCUT2D eigenvalue weighted by Gasteiger charge is 2.39. The maximum Gasteiger partial charge on any atom is 0.357 e. The van der Waals surface area contributed by atoms with Crippen molar-refractivity contribution < 1.29 is 26.4 Å². The Morgan fingerprint density at radius 2 is 1.46 bits per heavy atom. The van der Waals surface area contributed by atoms with Gasteiger partial charge in [-0.25, -0.2) is 25.6 Å². The van der Waals surface area contributed by atoms with Crippen LogP contribution >= 0.6 is 23.2 Å². The standard InChI is InChI=1S/C21H23N3O6S2.C2H6.CH2Cl2/c1-2-30-21(25)19-20(32(28,29)23-14-12-22-13-15-23)17-10-6-7-11-18(17)24(19)31(26,27)16-8-4-3-5-9-16;1-2;2-1-3/h3-11,22H,2,12-15H2,1H3;1-2H3;1H2. The molecule has 0 saturated carbocycles. The number of fused-ring (bicyclic) bond motifs is 1. The number of sulfonamides is 1. The quantitative estimate of drug-likeness (QED) is 0.339. The molecule has 1 aliphatic heterocycles. The summed E-state index contributed by atoms with van der Waals surface area (Å²) in [5, 5.41) is 3.43. The minimum atomic E-state index is -4.31.